The molecule has 1 aromatic carbocycles. The first kappa shape index (κ1) is 18.7. The highest BCUT2D eigenvalue weighted by Gasteiger charge is 2.34. The molecule has 1 unspecified atom stereocenters. The third-order valence-corrected chi connectivity index (χ3v) is 5.09. The lowest BCUT2D eigenvalue weighted by atomic mass is 9.96. The molecule has 8 nitrogen and oxygen atoms in total. The molecule has 8 heteroatoms. The van der Waals surface area contributed by atoms with Crippen LogP contribution in [0.5, 0.6) is 0 Å². The minimum atomic E-state index is -0.453. The molecule has 1 amide bonds. The molecule has 0 radical (unpaired) electrons. The Morgan fingerprint density at radius 2 is 1.65 bits per heavy atom. The molecule has 0 aliphatic carbocycles. The number of carbonyl (C=O) groups is 1. The Morgan fingerprint density at radius 3 is 2.35 bits per heavy atom. The summed E-state index contributed by atoms with van der Waals surface area (Å²) >= 11 is 0. The number of amides is 1. The van der Waals surface area contributed by atoms with Gasteiger partial charge in [0.05, 0.1) is 5.57 Å². The first-order valence-corrected chi connectivity index (χ1v) is 9.82. The lowest BCUT2D eigenvalue weighted by molar-refractivity contribution is -0.113. The Bertz CT molecular complexity index is 1250. The highest BCUT2D eigenvalue weighted by Crippen LogP contribution is 2.36. The Morgan fingerprint density at radius 1 is 0.968 bits per heavy atom. The van der Waals surface area contributed by atoms with E-state index in [2.05, 4.69) is 25.6 Å². The Labute approximate surface area is 178 Å². The molecule has 152 valence electrons. The molecule has 31 heavy (non-hydrogen) atoms. The number of allylic oxidation sites excluding steroid dienone is 1. The van der Waals surface area contributed by atoms with Crippen molar-refractivity contribution in [1.82, 2.24) is 24.7 Å². The number of aromatic nitrogens is 5. The highest BCUT2D eigenvalue weighted by molar-refractivity contribution is 6.06. The number of para-hydroxylation sites is 1. The molecule has 1 aliphatic heterocycles. The van der Waals surface area contributed by atoms with Crippen LogP contribution < -0.4 is 10.6 Å². The van der Waals surface area contributed by atoms with E-state index in [9.17, 15) is 4.79 Å². The second-order valence-electron chi connectivity index (χ2n) is 7.11. The van der Waals surface area contributed by atoms with Gasteiger partial charge < -0.3 is 10.6 Å². The van der Waals surface area contributed by atoms with Gasteiger partial charge >= 0.3 is 0 Å². The second-order valence-corrected chi connectivity index (χ2v) is 7.11. The smallest absolute Gasteiger partial charge is 0.255 e. The van der Waals surface area contributed by atoms with Gasteiger partial charge in [0.1, 0.15) is 6.04 Å². The van der Waals surface area contributed by atoms with E-state index in [0.29, 0.717) is 17.3 Å². The standard InChI is InChI=1S/C23H19N7O/c1-15-19(22(31)27-18-5-3-2-4-6-18)20(16-7-11-24-12-8-16)30-23(26-15)28-21(29-30)17-9-13-25-14-10-17/h2-14,20H,1H3,(H,27,31)(H,26,28,29). The molecule has 5 rings (SSSR count). The number of pyridine rings is 2. The van der Waals surface area contributed by atoms with E-state index >= 15 is 0 Å². The predicted molar refractivity (Wildman–Crippen MR) is 117 cm³/mol. The normalized spacial score (nSPS) is 15.2. The zero-order valence-corrected chi connectivity index (χ0v) is 16.7. The quantitative estimate of drug-likeness (QED) is 0.534. The van der Waals surface area contributed by atoms with Crippen LogP contribution in [-0.2, 0) is 4.79 Å². The number of benzene rings is 1. The molecule has 0 saturated carbocycles. The monoisotopic (exact) mass is 409 g/mol. The molecular weight excluding hydrogens is 390 g/mol. The molecule has 4 heterocycles. The summed E-state index contributed by atoms with van der Waals surface area (Å²) in [6.07, 6.45) is 6.82. The first-order valence-electron chi connectivity index (χ1n) is 9.82. The maximum atomic E-state index is 13.4. The molecule has 4 aromatic rings. The van der Waals surface area contributed by atoms with Gasteiger partial charge in [-0.2, -0.15) is 4.98 Å². The maximum Gasteiger partial charge on any atom is 0.255 e. The fraction of sp³-hybridized carbons (Fsp3) is 0.0870. The van der Waals surface area contributed by atoms with Crippen molar-refractivity contribution in [2.24, 2.45) is 0 Å². The number of hydrogen-bond acceptors (Lipinski definition) is 6. The summed E-state index contributed by atoms with van der Waals surface area (Å²) in [5.74, 6) is 0.925. The molecule has 2 N–H and O–H groups in total. The van der Waals surface area contributed by atoms with E-state index in [1.807, 2.05) is 61.5 Å². The Balaban J connectivity index is 1.60. The lowest BCUT2D eigenvalue weighted by Crippen LogP contribution is -2.31. The zero-order chi connectivity index (χ0) is 21.2. The third-order valence-electron chi connectivity index (χ3n) is 5.09. The van der Waals surface area contributed by atoms with Crippen LogP contribution in [0.4, 0.5) is 11.6 Å². The van der Waals surface area contributed by atoms with Crippen LogP contribution in [0.15, 0.2) is 90.7 Å². The number of rotatable bonds is 4. The summed E-state index contributed by atoms with van der Waals surface area (Å²) < 4.78 is 1.75. The SMILES string of the molecule is CC1=C(C(=O)Nc2ccccc2)C(c2ccncc2)n2nc(-c3ccncc3)nc2N1. The molecular formula is C23H19N7O. The number of hydrogen-bond donors (Lipinski definition) is 2. The van der Waals surface area contributed by atoms with E-state index in [1.165, 1.54) is 0 Å². The van der Waals surface area contributed by atoms with Crippen molar-refractivity contribution in [3.05, 3.63) is 96.2 Å². The minimum Gasteiger partial charge on any atom is -0.328 e. The van der Waals surface area contributed by atoms with Crippen molar-refractivity contribution in [3.63, 3.8) is 0 Å². The van der Waals surface area contributed by atoms with Crippen molar-refractivity contribution in [3.8, 4) is 11.4 Å². The molecule has 1 aliphatic rings. The van der Waals surface area contributed by atoms with Gasteiger partial charge in [0, 0.05) is 41.7 Å². The van der Waals surface area contributed by atoms with Gasteiger partial charge in [-0.1, -0.05) is 18.2 Å². The molecule has 1 atom stereocenters. The Hall–Kier alpha value is -4.33. The molecule has 0 bridgehead atoms. The number of fused-ring (bicyclic) bond motifs is 1. The Kier molecular flexibility index (Phi) is 4.72. The number of nitrogens with zero attached hydrogens (tertiary/aromatic N) is 5. The fourth-order valence-electron chi connectivity index (χ4n) is 3.64. The number of nitrogens with one attached hydrogen (secondary N) is 2. The summed E-state index contributed by atoms with van der Waals surface area (Å²) in [6, 6.07) is 16.4. The van der Waals surface area contributed by atoms with Crippen molar-refractivity contribution < 1.29 is 4.79 Å². The van der Waals surface area contributed by atoms with Gasteiger partial charge in [0.25, 0.3) is 5.91 Å². The summed E-state index contributed by atoms with van der Waals surface area (Å²) in [6.45, 7) is 1.87. The van der Waals surface area contributed by atoms with Crippen LogP contribution in [0.2, 0.25) is 0 Å². The first-order chi connectivity index (χ1) is 15.2. The van der Waals surface area contributed by atoms with Gasteiger partial charge in [0.15, 0.2) is 5.82 Å². The van der Waals surface area contributed by atoms with Gasteiger partial charge in [-0.3, -0.25) is 14.8 Å². The van der Waals surface area contributed by atoms with Crippen molar-refractivity contribution in [2.45, 2.75) is 13.0 Å². The summed E-state index contributed by atoms with van der Waals surface area (Å²) in [4.78, 5) is 26.2. The summed E-state index contributed by atoms with van der Waals surface area (Å²) in [5.41, 5.74) is 3.75. The van der Waals surface area contributed by atoms with Gasteiger partial charge in [-0.15, -0.1) is 5.10 Å². The third kappa shape index (κ3) is 3.55. The van der Waals surface area contributed by atoms with Crippen molar-refractivity contribution >= 4 is 17.5 Å². The zero-order valence-electron chi connectivity index (χ0n) is 16.7. The molecule has 0 saturated heterocycles. The molecule has 0 fully saturated rings. The largest absolute Gasteiger partial charge is 0.328 e. The van der Waals surface area contributed by atoms with Crippen LogP contribution in [-0.4, -0.2) is 30.6 Å². The van der Waals surface area contributed by atoms with Crippen LogP contribution in [0.1, 0.15) is 18.5 Å². The van der Waals surface area contributed by atoms with Gasteiger partial charge in [-0.25, -0.2) is 4.68 Å². The van der Waals surface area contributed by atoms with E-state index in [4.69, 9.17) is 5.10 Å². The lowest BCUT2D eigenvalue weighted by Gasteiger charge is -2.28. The van der Waals surface area contributed by atoms with E-state index < -0.39 is 6.04 Å². The average molecular weight is 409 g/mol. The van der Waals surface area contributed by atoms with Crippen molar-refractivity contribution in [1.29, 1.82) is 0 Å². The van der Waals surface area contributed by atoms with E-state index in [1.54, 1.807) is 29.5 Å². The van der Waals surface area contributed by atoms with Gasteiger partial charge in [-0.05, 0) is 48.9 Å². The topological polar surface area (TPSA) is 97.6 Å². The van der Waals surface area contributed by atoms with Crippen LogP contribution in [0, 0.1) is 0 Å². The van der Waals surface area contributed by atoms with Crippen LogP contribution >= 0.6 is 0 Å². The van der Waals surface area contributed by atoms with Crippen LogP contribution in [0.3, 0.4) is 0 Å². The van der Waals surface area contributed by atoms with E-state index in [-0.39, 0.29) is 5.91 Å². The van der Waals surface area contributed by atoms with Crippen LogP contribution in [0.25, 0.3) is 11.4 Å². The average Bonchev–Trinajstić information content (AvgIpc) is 3.23. The minimum absolute atomic E-state index is 0.204. The highest BCUT2D eigenvalue weighted by atomic mass is 16.1. The molecule has 3 aromatic heterocycles. The fourth-order valence-corrected chi connectivity index (χ4v) is 3.64. The predicted octanol–water partition coefficient (Wildman–Crippen LogP) is 3.66. The van der Waals surface area contributed by atoms with Crippen molar-refractivity contribution in [2.75, 3.05) is 10.6 Å². The number of anilines is 2. The molecule has 0 spiro atoms. The van der Waals surface area contributed by atoms with E-state index in [0.717, 1.165) is 22.5 Å². The maximum absolute atomic E-state index is 13.4. The second kappa shape index (κ2) is 7.83. The van der Waals surface area contributed by atoms with Gasteiger partial charge in [0.2, 0.25) is 5.95 Å². The summed E-state index contributed by atoms with van der Waals surface area (Å²) in [7, 11) is 0. The number of carbonyl (C=O) groups excluding carboxylic acids is 1. The summed E-state index contributed by atoms with van der Waals surface area (Å²) in [5, 5.41) is 11.0.